The Morgan fingerprint density at radius 3 is 2.57 bits per heavy atom. The summed E-state index contributed by atoms with van der Waals surface area (Å²) in [5.41, 5.74) is 1.99. The van der Waals surface area contributed by atoms with Crippen LogP contribution in [0.1, 0.15) is 30.1 Å². The molecule has 1 amide bonds. The molecule has 3 heteroatoms. The van der Waals surface area contributed by atoms with Crippen LogP contribution in [0.2, 0.25) is 0 Å². The molecule has 1 aliphatic carbocycles. The maximum Gasteiger partial charge on any atom is 0.266 e. The van der Waals surface area contributed by atoms with Crippen molar-refractivity contribution in [1.82, 2.24) is 5.32 Å². The summed E-state index contributed by atoms with van der Waals surface area (Å²) < 4.78 is 5.96. The smallest absolute Gasteiger partial charge is 0.266 e. The van der Waals surface area contributed by atoms with E-state index in [-0.39, 0.29) is 5.91 Å². The number of rotatable bonds is 5. The van der Waals surface area contributed by atoms with Gasteiger partial charge in [0.2, 0.25) is 6.10 Å². The van der Waals surface area contributed by atoms with Crippen molar-refractivity contribution in [2.45, 2.75) is 31.9 Å². The van der Waals surface area contributed by atoms with E-state index in [9.17, 15) is 4.79 Å². The van der Waals surface area contributed by atoms with Crippen LogP contribution in [0, 0.1) is 6.92 Å². The summed E-state index contributed by atoms with van der Waals surface area (Å²) in [4.78, 5) is 12.4. The summed E-state index contributed by atoms with van der Waals surface area (Å²) in [6.45, 7) is 2.01. The minimum absolute atomic E-state index is 0.0646. The van der Waals surface area contributed by atoms with Gasteiger partial charge in [-0.05, 0) is 37.5 Å². The van der Waals surface area contributed by atoms with Crippen LogP contribution < -0.4 is 10.1 Å². The van der Waals surface area contributed by atoms with Gasteiger partial charge in [0, 0.05) is 11.6 Å². The molecule has 1 aliphatic rings. The van der Waals surface area contributed by atoms with Crippen LogP contribution in [0.15, 0.2) is 54.6 Å². The quantitative estimate of drug-likeness (QED) is 0.912. The van der Waals surface area contributed by atoms with E-state index < -0.39 is 6.10 Å². The third-order valence-electron chi connectivity index (χ3n) is 3.51. The van der Waals surface area contributed by atoms with Crippen molar-refractivity contribution in [3.05, 3.63) is 65.7 Å². The molecule has 0 spiro atoms. The fourth-order valence-corrected chi connectivity index (χ4v) is 2.23. The fraction of sp³-hybridized carbons (Fsp3) is 0.278. The lowest BCUT2D eigenvalue weighted by molar-refractivity contribution is -0.128. The van der Waals surface area contributed by atoms with E-state index >= 15 is 0 Å². The van der Waals surface area contributed by atoms with Gasteiger partial charge in [0.05, 0.1) is 0 Å². The zero-order valence-corrected chi connectivity index (χ0v) is 12.1. The molecule has 2 aromatic rings. The van der Waals surface area contributed by atoms with Crippen molar-refractivity contribution in [1.29, 1.82) is 0 Å². The van der Waals surface area contributed by atoms with Gasteiger partial charge in [-0.15, -0.1) is 0 Å². The standard InChI is InChI=1S/C18H19NO2/c1-13-6-5-9-16(12-13)21-17(14-7-3-2-4-8-14)18(20)19-15-10-11-15/h2-9,12,15,17H,10-11H2,1H3,(H,19,20)/t17-/m1/s1. The molecule has 0 aromatic heterocycles. The first-order valence-electron chi connectivity index (χ1n) is 7.31. The third kappa shape index (κ3) is 3.63. The van der Waals surface area contributed by atoms with Crippen molar-refractivity contribution < 1.29 is 9.53 Å². The van der Waals surface area contributed by atoms with Crippen LogP contribution in [-0.4, -0.2) is 11.9 Å². The molecule has 0 saturated heterocycles. The van der Waals surface area contributed by atoms with Crippen LogP contribution >= 0.6 is 0 Å². The Morgan fingerprint density at radius 2 is 1.90 bits per heavy atom. The van der Waals surface area contributed by atoms with Crippen molar-refractivity contribution in [3.63, 3.8) is 0 Å². The number of benzene rings is 2. The Hall–Kier alpha value is -2.29. The van der Waals surface area contributed by atoms with E-state index in [2.05, 4.69) is 5.32 Å². The zero-order chi connectivity index (χ0) is 14.7. The fourth-order valence-electron chi connectivity index (χ4n) is 2.23. The predicted molar refractivity (Wildman–Crippen MR) is 82.2 cm³/mol. The number of aryl methyl sites for hydroxylation is 1. The zero-order valence-electron chi connectivity index (χ0n) is 12.1. The molecular formula is C18H19NO2. The summed E-state index contributed by atoms with van der Waals surface area (Å²) in [5.74, 6) is 0.653. The molecule has 1 saturated carbocycles. The van der Waals surface area contributed by atoms with Crippen LogP contribution in [0.25, 0.3) is 0 Å². The van der Waals surface area contributed by atoms with Crippen molar-refractivity contribution in [2.75, 3.05) is 0 Å². The average molecular weight is 281 g/mol. The summed E-state index contributed by atoms with van der Waals surface area (Å²) in [7, 11) is 0. The average Bonchev–Trinajstić information content (AvgIpc) is 3.29. The van der Waals surface area contributed by atoms with E-state index in [1.165, 1.54) is 0 Å². The SMILES string of the molecule is Cc1cccc(O[C@@H](C(=O)NC2CC2)c2ccccc2)c1. The summed E-state index contributed by atoms with van der Waals surface area (Å²) in [6, 6.07) is 17.7. The second-order valence-corrected chi connectivity index (χ2v) is 5.51. The highest BCUT2D eigenvalue weighted by atomic mass is 16.5. The van der Waals surface area contributed by atoms with Gasteiger partial charge in [-0.1, -0.05) is 42.5 Å². The van der Waals surface area contributed by atoms with Crippen molar-refractivity contribution >= 4 is 5.91 Å². The Morgan fingerprint density at radius 1 is 1.14 bits per heavy atom. The largest absolute Gasteiger partial charge is 0.476 e. The van der Waals surface area contributed by atoms with Crippen LogP contribution in [-0.2, 0) is 4.79 Å². The monoisotopic (exact) mass is 281 g/mol. The minimum Gasteiger partial charge on any atom is -0.476 e. The van der Waals surface area contributed by atoms with Gasteiger partial charge in [-0.2, -0.15) is 0 Å². The number of ether oxygens (including phenoxy) is 1. The topological polar surface area (TPSA) is 38.3 Å². The van der Waals surface area contributed by atoms with Gasteiger partial charge in [0.25, 0.3) is 5.91 Å². The number of hydrogen-bond acceptors (Lipinski definition) is 2. The van der Waals surface area contributed by atoms with Gasteiger partial charge in [-0.25, -0.2) is 0 Å². The Labute approximate surface area is 124 Å². The summed E-state index contributed by atoms with van der Waals surface area (Å²) in [5, 5.41) is 3.02. The van der Waals surface area contributed by atoms with Crippen LogP contribution in [0.4, 0.5) is 0 Å². The first-order chi connectivity index (χ1) is 10.2. The Bertz CT molecular complexity index is 620. The molecular weight excluding hydrogens is 262 g/mol. The highest BCUT2D eigenvalue weighted by Crippen LogP contribution is 2.25. The predicted octanol–water partition coefficient (Wildman–Crippen LogP) is 3.39. The molecule has 0 radical (unpaired) electrons. The second kappa shape index (κ2) is 6.00. The van der Waals surface area contributed by atoms with E-state index in [1.807, 2.05) is 61.5 Å². The lowest BCUT2D eigenvalue weighted by atomic mass is 10.1. The molecule has 0 bridgehead atoms. The molecule has 1 N–H and O–H groups in total. The molecule has 0 unspecified atom stereocenters. The number of nitrogens with one attached hydrogen (secondary N) is 1. The molecule has 2 aromatic carbocycles. The molecule has 1 atom stereocenters. The Kier molecular flexibility index (Phi) is 3.91. The lowest BCUT2D eigenvalue weighted by Gasteiger charge is -2.19. The highest BCUT2D eigenvalue weighted by Gasteiger charge is 2.29. The number of amides is 1. The summed E-state index contributed by atoms with van der Waals surface area (Å²) in [6.07, 6.45) is 1.53. The minimum atomic E-state index is -0.603. The van der Waals surface area contributed by atoms with E-state index in [1.54, 1.807) is 0 Å². The van der Waals surface area contributed by atoms with Gasteiger partial charge < -0.3 is 10.1 Å². The Balaban J connectivity index is 1.82. The molecule has 0 heterocycles. The van der Waals surface area contributed by atoms with E-state index in [4.69, 9.17) is 4.74 Å². The van der Waals surface area contributed by atoms with Gasteiger partial charge in [0.15, 0.2) is 0 Å². The van der Waals surface area contributed by atoms with Gasteiger partial charge >= 0.3 is 0 Å². The number of carbonyl (C=O) groups excluding carboxylic acids is 1. The number of carbonyl (C=O) groups is 1. The molecule has 108 valence electrons. The van der Waals surface area contributed by atoms with Crippen LogP contribution in [0.5, 0.6) is 5.75 Å². The second-order valence-electron chi connectivity index (χ2n) is 5.51. The number of hydrogen-bond donors (Lipinski definition) is 1. The maximum absolute atomic E-state index is 12.4. The van der Waals surface area contributed by atoms with Crippen molar-refractivity contribution in [2.24, 2.45) is 0 Å². The van der Waals surface area contributed by atoms with Gasteiger partial charge in [0.1, 0.15) is 5.75 Å². The molecule has 3 nitrogen and oxygen atoms in total. The highest BCUT2D eigenvalue weighted by molar-refractivity contribution is 5.83. The molecule has 0 aliphatic heterocycles. The lowest BCUT2D eigenvalue weighted by Crippen LogP contribution is -2.33. The normalized spacial score (nSPS) is 15.3. The summed E-state index contributed by atoms with van der Waals surface area (Å²) >= 11 is 0. The maximum atomic E-state index is 12.4. The molecule has 3 rings (SSSR count). The van der Waals surface area contributed by atoms with E-state index in [0.717, 1.165) is 29.7 Å². The molecule has 21 heavy (non-hydrogen) atoms. The van der Waals surface area contributed by atoms with Crippen LogP contribution in [0.3, 0.4) is 0 Å². The van der Waals surface area contributed by atoms with E-state index in [0.29, 0.717) is 6.04 Å². The molecule has 1 fully saturated rings. The first-order valence-corrected chi connectivity index (χ1v) is 7.31. The van der Waals surface area contributed by atoms with Crippen molar-refractivity contribution in [3.8, 4) is 5.75 Å². The third-order valence-corrected chi connectivity index (χ3v) is 3.51. The van der Waals surface area contributed by atoms with Gasteiger partial charge in [-0.3, -0.25) is 4.79 Å². The first kappa shape index (κ1) is 13.7.